The molecule has 0 spiro atoms. The molecule has 1 heteroatoms. The Balaban J connectivity index is 2.24. The van der Waals surface area contributed by atoms with Crippen molar-refractivity contribution in [1.82, 2.24) is 5.32 Å². The van der Waals surface area contributed by atoms with Crippen LogP contribution in [0.3, 0.4) is 0 Å². The van der Waals surface area contributed by atoms with Crippen molar-refractivity contribution >= 4 is 0 Å². The maximum Gasteiger partial charge on any atom is 0.00952 e. The van der Waals surface area contributed by atoms with Crippen molar-refractivity contribution in [3.05, 3.63) is 0 Å². The van der Waals surface area contributed by atoms with Crippen molar-refractivity contribution < 1.29 is 0 Å². The summed E-state index contributed by atoms with van der Waals surface area (Å²) in [6, 6.07) is 0.774. The van der Waals surface area contributed by atoms with Crippen LogP contribution in [0, 0.1) is 17.3 Å². The molecule has 0 radical (unpaired) electrons. The molecule has 0 aromatic heterocycles. The second-order valence-electron chi connectivity index (χ2n) is 6.77. The second-order valence-corrected chi connectivity index (χ2v) is 6.77. The van der Waals surface area contributed by atoms with Gasteiger partial charge in [0.05, 0.1) is 0 Å². The summed E-state index contributed by atoms with van der Waals surface area (Å²) in [7, 11) is 0. The van der Waals surface area contributed by atoms with E-state index >= 15 is 0 Å². The van der Waals surface area contributed by atoms with Gasteiger partial charge in [-0.3, -0.25) is 0 Å². The third-order valence-corrected chi connectivity index (χ3v) is 3.74. The smallest absolute Gasteiger partial charge is 0.00952 e. The van der Waals surface area contributed by atoms with Crippen LogP contribution in [-0.2, 0) is 0 Å². The first-order chi connectivity index (χ1) is 6.88. The van der Waals surface area contributed by atoms with Crippen LogP contribution in [-0.4, -0.2) is 12.6 Å². The summed E-state index contributed by atoms with van der Waals surface area (Å²) in [6.07, 6.45) is 5.50. The Kier molecular flexibility index (Phi) is 4.64. The number of rotatable bonds is 3. The minimum Gasteiger partial charge on any atom is -0.314 e. The van der Waals surface area contributed by atoms with E-state index in [1.807, 2.05) is 0 Å². The van der Waals surface area contributed by atoms with Crippen molar-refractivity contribution in [3.63, 3.8) is 0 Å². The van der Waals surface area contributed by atoms with Gasteiger partial charge in [-0.15, -0.1) is 0 Å². The molecule has 90 valence electrons. The standard InChI is InChI=1S/C14H29N/c1-11-6-7-12(2)13(10-11)15-9-8-14(3,4)5/h11-13,15H,6-10H2,1-5H3. The molecule has 1 nitrogen and oxygen atoms in total. The molecular formula is C14H29N. The van der Waals surface area contributed by atoms with Crippen LogP contribution in [0.15, 0.2) is 0 Å². The lowest BCUT2D eigenvalue weighted by molar-refractivity contribution is 0.220. The molecule has 0 bridgehead atoms. The molecule has 0 saturated heterocycles. The van der Waals surface area contributed by atoms with Gasteiger partial charge in [-0.05, 0) is 43.1 Å². The zero-order valence-electron chi connectivity index (χ0n) is 11.3. The molecule has 1 fully saturated rings. The van der Waals surface area contributed by atoms with Gasteiger partial charge in [-0.1, -0.05) is 41.0 Å². The van der Waals surface area contributed by atoms with E-state index in [9.17, 15) is 0 Å². The zero-order chi connectivity index (χ0) is 11.5. The van der Waals surface area contributed by atoms with Gasteiger partial charge in [0.25, 0.3) is 0 Å². The van der Waals surface area contributed by atoms with Crippen molar-refractivity contribution in [2.24, 2.45) is 17.3 Å². The van der Waals surface area contributed by atoms with Crippen molar-refractivity contribution in [3.8, 4) is 0 Å². The number of hydrogen-bond acceptors (Lipinski definition) is 1. The first kappa shape index (κ1) is 13.0. The topological polar surface area (TPSA) is 12.0 Å². The molecule has 1 N–H and O–H groups in total. The lowest BCUT2D eigenvalue weighted by atomic mass is 9.80. The molecule has 0 aliphatic heterocycles. The van der Waals surface area contributed by atoms with E-state index in [0.717, 1.165) is 17.9 Å². The zero-order valence-corrected chi connectivity index (χ0v) is 11.3. The van der Waals surface area contributed by atoms with Crippen molar-refractivity contribution in [2.45, 2.75) is 66.3 Å². The fourth-order valence-electron chi connectivity index (χ4n) is 2.45. The van der Waals surface area contributed by atoms with Gasteiger partial charge in [0.15, 0.2) is 0 Å². The largest absolute Gasteiger partial charge is 0.314 e. The Labute approximate surface area is 96.0 Å². The molecule has 0 heterocycles. The third kappa shape index (κ3) is 5.01. The minimum absolute atomic E-state index is 0.469. The molecule has 0 amide bonds. The molecule has 1 aliphatic carbocycles. The first-order valence-electron chi connectivity index (χ1n) is 6.62. The normalized spacial score (nSPS) is 33.0. The van der Waals surface area contributed by atoms with E-state index in [4.69, 9.17) is 0 Å². The van der Waals surface area contributed by atoms with Crippen molar-refractivity contribution in [2.75, 3.05) is 6.54 Å². The lowest BCUT2D eigenvalue weighted by Crippen LogP contribution is -2.40. The highest BCUT2D eigenvalue weighted by Gasteiger charge is 2.25. The number of nitrogens with one attached hydrogen (secondary N) is 1. The Bertz CT molecular complexity index is 180. The Morgan fingerprint density at radius 3 is 2.40 bits per heavy atom. The molecule has 0 aromatic carbocycles. The molecule has 1 aliphatic rings. The van der Waals surface area contributed by atoms with Crippen LogP contribution in [0.4, 0.5) is 0 Å². The third-order valence-electron chi connectivity index (χ3n) is 3.74. The Morgan fingerprint density at radius 2 is 1.80 bits per heavy atom. The van der Waals surface area contributed by atoms with Gasteiger partial charge < -0.3 is 5.32 Å². The summed E-state index contributed by atoms with van der Waals surface area (Å²) in [6.45, 7) is 12.9. The summed E-state index contributed by atoms with van der Waals surface area (Å²) in [5, 5.41) is 3.76. The maximum atomic E-state index is 3.76. The highest BCUT2D eigenvalue weighted by Crippen LogP contribution is 2.28. The summed E-state index contributed by atoms with van der Waals surface area (Å²) in [4.78, 5) is 0. The van der Waals surface area contributed by atoms with Crippen LogP contribution in [0.25, 0.3) is 0 Å². The van der Waals surface area contributed by atoms with Crippen LogP contribution in [0.1, 0.15) is 60.3 Å². The maximum absolute atomic E-state index is 3.76. The van der Waals surface area contributed by atoms with Gasteiger partial charge in [-0.25, -0.2) is 0 Å². The predicted molar refractivity (Wildman–Crippen MR) is 68.0 cm³/mol. The van der Waals surface area contributed by atoms with Crippen LogP contribution in [0.2, 0.25) is 0 Å². The van der Waals surface area contributed by atoms with Gasteiger partial charge >= 0.3 is 0 Å². The molecule has 0 aromatic rings. The summed E-state index contributed by atoms with van der Waals surface area (Å²) >= 11 is 0. The SMILES string of the molecule is CC1CCC(C)C(NCCC(C)(C)C)C1. The fourth-order valence-corrected chi connectivity index (χ4v) is 2.45. The molecule has 1 rings (SSSR count). The highest BCUT2D eigenvalue weighted by atomic mass is 14.9. The van der Waals surface area contributed by atoms with Crippen LogP contribution in [0.5, 0.6) is 0 Å². The second kappa shape index (κ2) is 5.34. The Hall–Kier alpha value is -0.0400. The van der Waals surface area contributed by atoms with Gasteiger partial charge in [-0.2, -0.15) is 0 Å². The predicted octanol–water partition coefficient (Wildman–Crippen LogP) is 3.84. The van der Waals surface area contributed by atoms with Gasteiger partial charge in [0.2, 0.25) is 0 Å². The van der Waals surface area contributed by atoms with E-state index in [2.05, 4.69) is 39.9 Å². The van der Waals surface area contributed by atoms with Gasteiger partial charge in [0.1, 0.15) is 0 Å². The lowest BCUT2D eigenvalue weighted by Gasteiger charge is -2.34. The van der Waals surface area contributed by atoms with Crippen LogP contribution < -0.4 is 5.32 Å². The van der Waals surface area contributed by atoms with E-state index in [1.165, 1.54) is 32.2 Å². The van der Waals surface area contributed by atoms with E-state index in [1.54, 1.807) is 0 Å². The van der Waals surface area contributed by atoms with Gasteiger partial charge in [0, 0.05) is 6.04 Å². The number of hydrogen-bond donors (Lipinski definition) is 1. The molecule has 15 heavy (non-hydrogen) atoms. The average Bonchev–Trinajstić information content (AvgIpc) is 2.09. The quantitative estimate of drug-likeness (QED) is 0.748. The molecule has 3 unspecified atom stereocenters. The monoisotopic (exact) mass is 211 g/mol. The molecule has 1 saturated carbocycles. The highest BCUT2D eigenvalue weighted by molar-refractivity contribution is 4.81. The van der Waals surface area contributed by atoms with E-state index < -0.39 is 0 Å². The van der Waals surface area contributed by atoms with E-state index in [0.29, 0.717) is 5.41 Å². The molecular weight excluding hydrogens is 182 g/mol. The molecule has 3 atom stereocenters. The summed E-state index contributed by atoms with van der Waals surface area (Å²) < 4.78 is 0. The van der Waals surface area contributed by atoms with Crippen LogP contribution >= 0.6 is 0 Å². The van der Waals surface area contributed by atoms with E-state index in [-0.39, 0.29) is 0 Å². The summed E-state index contributed by atoms with van der Waals surface area (Å²) in [5.74, 6) is 1.80. The van der Waals surface area contributed by atoms with Crippen molar-refractivity contribution in [1.29, 1.82) is 0 Å². The first-order valence-corrected chi connectivity index (χ1v) is 6.62. The average molecular weight is 211 g/mol. The minimum atomic E-state index is 0.469. The Morgan fingerprint density at radius 1 is 1.13 bits per heavy atom. The summed E-state index contributed by atoms with van der Waals surface area (Å²) in [5.41, 5.74) is 0.469. The fraction of sp³-hybridized carbons (Fsp3) is 1.00.